The van der Waals surface area contributed by atoms with Crippen molar-refractivity contribution in [3.05, 3.63) is 131 Å². The zero-order valence-electron chi connectivity index (χ0n) is 46.2. The van der Waals surface area contributed by atoms with Crippen LogP contribution in [-0.4, -0.2) is 83.2 Å². The van der Waals surface area contributed by atoms with Gasteiger partial charge in [-0.25, -0.2) is 19.9 Å². The predicted octanol–water partition coefficient (Wildman–Crippen LogP) is 10.6. The standard InChI is InChI=1S/C63H76N10O5S/c1-41-56(79-40-69-41)44-22-19-43(20-23-44)38-68-60(77)54-37-49(75)39-72(54)61(78)51(62(2,3)4)36-48(74)17-10-8-6-5-7-9-11-33-66-55(76)30-21-42-15-12-16-45(35-42)52-28-29-53-59(70-52)73(58(71-53)50-18-13-34-67-57(50)64)47-26-24-46(25-27-47)63(65)31-14-32-63/h12-13,15-16,18-20,22-29,34-35,40,49,51,54,75H,5-11,14,17,21,30-33,36-39,65H2,1-4H3,(H2,64,67)(H,66,76)(H,68,77)/t49-,51-,54+/m1/s1. The summed E-state index contributed by atoms with van der Waals surface area (Å²) in [5, 5.41) is 16.7. The van der Waals surface area contributed by atoms with Gasteiger partial charge in [0, 0.05) is 74.2 Å². The second-order valence-electron chi connectivity index (χ2n) is 22.8. The highest BCUT2D eigenvalue weighted by molar-refractivity contribution is 7.13. The fourth-order valence-corrected chi connectivity index (χ4v) is 11.8. The van der Waals surface area contributed by atoms with Crippen LogP contribution >= 0.6 is 11.3 Å². The Morgan fingerprint density at radius 3 is 2.27 bits per heavy atom. The molecule has 0 unspecified atom stereocenters. The van der Waals surface area contributed by atoms with E-state index < -0.39 is 23.5 Å². The number of aromatic nitrogens is 5. The molecule has 1 saturated heterocycles. The highest BCUT2D eigenvalue weighted by atomic mass is 32.1. The number of nitrogen functional groups attached to an aromatic ring is 1. The van der Waals surface area contributed by atoms with Crippen LogP contribution in [0.5, 0.6) is 0 Å². The van der Waals surface area contributed by atoms with Crippen molar-refractivity contribution in [3.8, 4) is 38.8 Å². The quantitative estimate of drug-likeness (QED) is 0.0358. The maximum atomic E-state index is 14.1. The van der Waals surface area contributed by atoms with E-state index in [-0.39, 0.29) is 48.4 Å². The maximum absolute atomic E-state index is 14.1. The first kappa shape index (κ1) is 56.6. The number of nitrogens with two attached hydrogens (primary N) is 2. The number of carbonyl (C=O) groups excluding carboxylic acids is 4. The maximum Gasteiger partial charge on any atom is 0.243 e. The van der Waals surface area contributed by atoms with Crippen molar-refractivity contribution in [1.82, 2.24) is 40.0 Å². The number of aliphatic hydroxyl groups is 1. The van der Waals surface area contributed by atoms with Crippen molar-refractivity contribution in [2.24, 2.45) is 17.1 Å². The van der Waals surface area contributed by atoms with E-state index in [0.29, 0.717) is 49.6 Å². The largest absolute Gasteiger partial charge is 0.391 e. The van der Waals surface area contributed by atoms with Gasteiger partial charge in [-0.05, 0) is 116 Å². The lowest BCUT2D eigenvalue weighted by Crippen LogP contribution is -2.50. The van der Waals surface area contributed by atoms with E-state index in [4.69, 9.17) is 21.4 Å². The Morgan fingerprint density at radius 2 is 1.57 bits per heavy atom. The molecule has 9 rings (SSSR count). The summed E-state index contributed by atoms with van der Waals surface area (Å²) in [6.45, 7) is 8.83. The number of ketones is 1. The summed E-state index contributed by atoms with van der Waals surface area (Å²) in [4.78, 5) is 75.4. The number of rotatable bonds is 24. The molecule has 7 aromatic rings. The van der Waals surface area contributed by atoms with Crippen molar-refractivity contribution < 1.29 is 24.3 Å². The first-order chi connectivity index (χ1) is 38.0. The van der Waals surface area contributed by atoms with E-state index in [1.54, 1.807) is 17.5 Å². The van der Waals surface area contributed by atoms with Gasteiger partial charge in [-0.15, -0.1) is 11.3 Å². The zero-order valence-corrected chi connectivity index (χ0v) is 47.0. The van der Waals surface area contributed by atoms with Gasteiger partial charge in [-0.1, -0.05) is 107 Å². The third-order valence-corrected chi connectivity index (χ3v) is 16.9. The Labute approximate surface area is 468 Å². The molecule has 3 aromatic carbocycles. The van der Waals surface area contributed by atoms with Crippen LogP contribution < -0.4 is 22.1 Å². The molecule has 7 N–H and O–H groups in total. The van der Waals surface area contributed by atoms with Gasteiger partial charge in [0.2, 0.25) is 17.7 Å². The number of imidazole rings is 1. The van der Waals surface area contributed by atoms with E-state index >= 15 is 0 Å². The first-order valence-electron chi connectivity index (χ1n) is 28.2. The lowest BCUT2D eigenvalue weighted by molar-refractivity contribution is -0.146. The van der Waals surface area contributed by atoms with Gasteiger partial charge in [0.05, 0.1) is 33.4 Å². The average Bonchev–Trinajstić information content (AvgIpc) is 4.35. The number of hydrogen-bond donors (Lipinski definition) is 5. The summed E-state index contributed by atoms with van der Waals surface area (Å²) < 4.78 is 2.04. The summed E-state index contributed by atoms with van der Waals surface area (Å²) in [7, 11) is 0. The molecule has 0 radical (unpaired) electrons. The number of amides is 3. The predicted molar refractivity (Wildman–Crippen MR) is 313 cm³/mol. The molecule has 15 nitrogen and oxygen atoms in total. The Hall–Kier alpha value is -7.14. The lowest BCUT2D eigenvalue weighted by atomic mass is 9.73. The van der Waals surface area contributed by atoms with Gasteiger partial charge in [0.15, 0.2) is 11.5 Å². The van der Waals surface area contributed by atoms with Crippen molar-refractivity contribution in [2.45, 2.75) is 148 Å². The summed E-state index contributed by atoms with van der Waals surface area (Å²) in [6.07, 6.45) is 12.3. The molecule has 1 saturated carbocycles. The van der Waals surface area contributed by atoms with Crippen LogP contribution in [0.2, 0.25) is 0 Å². The molecular weight excluding hydrogens is 1010 g/mol. The fraction of sp³-hybridized carbons (Fsp3) is 0.429. The molecule has 79 heavy (non-hydrogen) atoms. The van der Waals surface area contributed by atoms with Crippen LogP contribution in [0, 0.1) is 18.3 Å². The van der Waals surface area contributed by atoms with E-state index in [1.165, 1.54) is 4.90 Å². The highest BCUT2D eigenvalue weighted by Gasteiger charge is 2.44. The number of Topliss-reactive ketones (excluding diaryl/α,β-unsaturated/α-hetero) is 1. The first-order valence-corrected chi connectivity index (χ1v) is 29.1. The van der Waals surface area contributed by atoms with Crippen LogP contribution in [-0.2, 0) is 37.7 Å². The second kappa shape index (κ2) is 25.3. The molecule has 3 atom stereocenters. The number of anilines is 1. The van der Waals surface area contributed by atoms with Crippen molar-refractivity contribution in [2.75, 3.05) is 18.8 Å². The van der Waals surface area contributed by atoms with Crippen LogP contribution in [0.15, 0.2) is 109 Å². The number of benzene rings is 3. The number of aryl methyl sites for hydroxylation is 2. The SMILES string of the molecule is Cc1ncsc1-c1ccc(CNC(=O)[C@@H]2C[C@@H](O)CN2C(=O)[C@@H](CC(=O)CCCCCCCCCNC(=O)CCc2cccc(-c3ccc4nc(-c5cccnc5N)n(-c5ccc(C6(N)CCC6)cc5)c4n3)c2)C(C)(C)C)cc1. The van der Waals surface area contributed by atoms with Gasteiger partial charge >= 0.3 is 0 Å². The molecule has 4 aromatic heterocycles. The Bertz CT molecular complexity index is 3250. The Kier molecular flexibility index (Phi) is 18.1. The molecule has 3 amide bonds. The number of β-amino-alcohol motifs (C(OH)–C–C–N with tert-alkyl or cyclic N) is 1. The fourth-order valence-electron chi connectivity index (χ4n) is 11.0. The topological polar surface area (TPSA) is 224 Å². The molecule has 16 heteroatoms. The third kappa shape index (κ3) is 13.8. The van der Waals surface area contributed by atoms with Crippen LogP contribution in [0.4, 0.5) is 5.82 Å². The van der Waals surface area contributed by atoms with Crippen LogP contribution in [0.25, 0.3) is 49.9 Å². The number of carbonyl (C=O) groups is 4. The number of pyridine rings is 2. The number of fused-ring (bicyclic) bond motifs is 1. The van der Waals surface area contributed by atoms with E-state index in [2.05, 4.69) is 50.9 Å². The normalized spacial score (nSPS) is 16.4. The molecule has 1 aliphatic heterocycles. The van der Waals surface area contributed by atoms with E-state index in [9.17, 15) is 24.3 Å². The number of thiazole rings is 1. The minimum absolute atomic E-state index is 0.0274. The minimum atomic E-state index is -0.813. The van der Waals surface area contributed by atoms with Crippen molar-refractivity contribution in [3.63, 3.8) is 0 Å². The van der Waals surface area contributed by atoms with Gasteiger partial charge in [0.1, 0.15) is 23.2 Å². The molecule has 414 valence electrons. The number of likely N-dealkylation sites (tertiary alicyclic amines) is 1. The Balaban J connectivity index is 0.678. The van der Waals surface area contributed by atoms with Crippen molar-refractivity contribution in [1.29, 1.82) is 0 Å². The monoisotopic (exact) mass is 1080 g/mol. The van der Waals surface area contributed by atoms with E-state index in [1.807, 2.05) is 105 Å². The van der Waals surface area contributed by atoms with Crippen LogP contribution in [0.3, 0.4) is 0 Å². The van der Waals surface area contributed by atoms with Gasteiger partial charge < -0.3 is 32.1 Å². The number of unbranched alkanes of at least 4 members (excludes halogenated alkanes) is 6. The average molecular weight is 1090 g/mol. The molecular formula is C63H76N10O5S. The smallest absolute Gasteiger partial charge is 0.243 e. The third-order valence-electron chi connectivity index (χ3n) is 15.9. The summed E-state index contributed by atoms with van der Waals surface area (Å²) in [5.74, 6) is -0.0665. The summed E-state index contributed by atoms with van der Waals surface area (Å²) >= 11 is 1.59. The van der Waals surface area contributed by atoms with Gasteiger partial charge in [0.25, 0.3) is 0 Å². The summed E-state index contributed by atoms with van der Waals surface area (Å²) in [5.41, 5.74) is 24.0. The molecule has 0 spiro atoms. The lowest BCUT2D eigenvalue weighted by Gasteiger charge is -2.38. The van der Waals surface area contributed by atoms with Gasteiger partial charge in [-0.2, -0.15) is 0 Å². The number of hydrogen-bond acceptors (Lipinski definition) is 12. The zero-order chi connectivity index (χ0) is 55.7. The van der Waals surface area contributed by atoms with Crippen molar-refractivity contribution >= 4 is 51.8 Å². The molecule has 0 bridgehead atoms. The molecule has 2 aliphatic rings. The second-order valence-corrected chi connectivity index (χ2v) is 23.7. The number of nitrogens with zero attached hydrogens (tertiary/aromatic N) is 6. The van der Waals surface area contributed by atoms with Crippen LogP contribution in [0.1, 0.15) is 133 Å². The molecule has 5 heterocycles. The summed E-state index contributed by atoms with van der Waals surface area (Å²) in [6, 6.07) is 31.5. The molecule has 2 fully saturated rings. The van der Waals surface area contributed by atoms with Gasteiger partial charge in [-0.3, -0.25) is 23.7 Å². The Morgan fingerprint density at radius 1 is 0.823 bits per heavy atom. The highest BCUT2D eigenvalue weighted by Crippen LogP contribution is 2.40. The number of nitrogens with one attached hydrogen (secondary N) is 2. The number of aliphatic hydroxyl groups excluding tert-OH is 1. The molecule has 1 aliphatic carbocycles. The minimum Gasteiger partial charge on any atom is -0.391 e. The van der Waals surface area contributed by atoms with E-state index in [0.717, 1.165) is 125 Å².